The molecule has 0 saturated carbocycles. The molecule has 1 fully saturated rings. The lowest BCUT2D eigenvalue weighted by molar-refractivity contribution is -0.137. The topological polar surface area (TPSA) is 53.9 Å². The molecule has 0 spiro atoms. The van der Waals surface area contributed by atoms with Crippen LogP contribution in [0.4, 0.5) is 30.6 Å². The molecule has 1 aromatic heterocycles. The molecule has 1 unspecified atom stereocenters. The van der Waals surface area contributed by atoms with Gasteiger partial charge in [-0.3, -0.25) is 0 Å². The van der Waals surface area contributed by atoms with E-state index in [2.05, 4.69) is 32.3 Å². The van der Waals surface area contributed by atoms with E-state index in [-0.39, 0.29) is 0 Å². The molecule has 1 aromatic carbocycles. The fourth-order valence-corrected chi connectivity index (χ4v) is 2.75. The van der Waals surface area contributed by atoms with E-state index in [1.807, 2.05) is 0 Å². The summed E-state index contributed by atoms with van der Waals surface area (Å²) in [4.78, 5) is 6.50. The summed E-state index contributed by atoms with van der Waals surface area (Å²) in [6.07, 6.45) is -0.615. The first-order valence-corrected chi connectivity index (χ1v) is 7.81. The van der Waals surface area contributed by atoms with Gasteiger partial charge in [-0.1, -0.05) is 6.92 Å². The number of halogens is 3. The molecule has 8 heteroatoms. The summed E-state index contributed by atoms with van der Waals surface area (Å²) < 4.78 is 37.7. The van der Waals surface area contributed by atoms with Gasteiger partial charge >= 0.3 is 6.18 Å². The zero-order chi connectivity index (χ0) is 17.2. The third kappa shape index (κ3) is 3.93. The first-order chi connectivity index (χ1) is 11.4. The molecule has 2 aromatic rings. The van der Waals surface area contributed by atoms with E-state index < -0.39 is 11.7 Å². The summed E-state index contributed by atoms with van der Waals surface area (Å²) in [5.41, 5.74) is -0.168. The number of rotatable bonds is 3. The van der Waals surface area contributed by atoms with Crippen molar-refractivity contribution in [3.05, 3.63) is 36.0 Å². The fraction of sp³-hybridized carbons (Fsp3) is 0.438. The standard InChI is InChI=1S/C16H18F3N5/c1-11-3-2-8-24(10-11)15-22-14(9-20-23-15)21-13-6-4-12(5-7-13)16(17,18)19/h4-7,9,11H,2-3,8,10H2,1H3,(H,21,22,23). The van der Waals surface area contributed by atoms with Crippen LogP contribution in [0.5, 0.6) is 0 Å². The molecule has 24 heavy (non-hydrogen) atoms. The number of anilines is 3. The van der Waals surface area contributed by atoms with Crippen LogP contribution in [-0.2, 0) is 6.18 Å². The van der Waals surface area contributed by atoms with Gasteiger partial charge in [0.2, 0.25) is 5.95 Å². The number of benzene rings is 1. The molecule has 128 valence electrons. The highest BCUT2D eigenvalue weighted by Gasteiger charge is 2.30. The largest absolute Gasteiger partial charge is 0.416 e. The number of piperidine rings is 1. The molecule has 1 saturated heterocycles. The second-order valence-corrected chi connectivity index (χ2v) is 6.04. The van der Waals surface area contributed by atoms with Crippen molar-refractivity contribution in [1.82, 2.24) is 15.2 Å². The number of nitrogens with one attached hydrogen (secondary N) is 1. The van der Waals surface area contributed by atoms with Crippen molar-refractivity contribution < 1.29 is 13.2 Å². The number of alkyl halides is 3. The van der Waals surface area contributed by atoms with Gasteiger partial charge < -0.3 is 10.2 Å². The summed E-state index contributed by atoms with van der Waals surface area (Å²) in [5.74, 6) is 1.57. The quantitative estimate of drug-likeness (QED) is 0.921. The average molecular weight is 337 g/mol. The lowest BCUT2D eigenvalue weighted by atomic mass is 10.0. The van der Waals surface area contributed by atoms with Gasteiger partial charge in [0.25, 0.3) is 0 Å². The van der Waals surface area contributed by atoms with Crippen LogP contribution in [0.1, 0.15) is 25.3 Å². The Hall–Kier alpha value is -2.38. The van der Waals surface area contributed by atoms with Crippen LogP contribution in [-0.4, -0.2) is 28.3 Å². The lowest BCUT2D eigenvalue weighted by Crippen LogP contribution is -2.35. The molecule has 0 amide bonds. The molecular formula is C16H18F3N5. The maximum Gasteiger partial charge on any atom is 0.416 e. The Kier molecular flexibility index (Phi) is 4.55. The van der Waals surface area contributed by atoms with Gasteiger partial charge in [0.15, 0.2) is 5.82 Å². The smallest absolute Gasteiger partial charge is 0.339 e. The van der Waals surface area contributed by atoms with Gasteiger partial charge in [0.05, 0.1) is 11.8 Å². The van der Waals surface area contributed by atoms with Crippen molar-refractivity contribution in [3.63, 3.8) is 0 Å². The SMILES string of the molecule is CC1CCCN(c2nncc(Nc3ccc(C(F)(F)F)cc3)n2)C1. The molecular weight excluding hydrogens is 319 g/mol. The van der Waals surface area contributed by atoms with Gasteiger partial charge in [-0.15, -0.1) is 5.10 Å². The molecule has 1 N–H and O–H groups in total. The summed E-state index contributed by atoms with van der Waals surface area (Å²) >= 11 is 0. The van der Waals surface area contributed by atoms with Gasteiger partial charge in [-0.05, 0) is 43.0 Å². The van der Waals surface area contributed by atoms with Crippen LogP contribution in [0.15, 0.2) is 30.5 Å². The minimum absolute atomic E-state index is 0.456. The summed E-state index contributed by atoms with van der Waals surface area (Å²) in [6.45, 7) is 3.95. The van der Waals surface area contributed by atoms with Crippen LogP contribution >= 0.6 is 0 Å². The molecule has 2 heterocycles. The molecule has 0 aliphatic carbocycles. The highest BCUT2D eigenvalue weighted by molar-refractivity contribution is 5.56. The Balaban J connectivity index is 1.72. The molecule has 3 rings (SSSR count). The number of hydrogen-bond donors (Lipinski definition) is 1. The molecule has 1 aliphatic heterocycles. The highest BCUT2D eigenvalue weighted by atomic mass is 19.4. The van der Waals surface area contributed by atoms with Gasteiger partial charge in [0, 0.05) is 18.8 Å². The first kappa shape index (κ1) is 16.5. The maximum atomic E-state index is 12.6. The third-order valence-electron chi connectivity index (χ3n) is 3.97. The Bertz CT molecular complexity index is 687. The van der Waals surface area contributed by atoms with Crippen molar-refractivity contribution >= 4 is 17.5 Å². The molecule has 1 aliphatic rings. The van der Waals surface area contributed by atoms with E-state index in [0.717, 1.165) is 31.6 Å². The second kappa shape index (κ2) is 6.62. The zero-order valence-corrected chi connectivity index (χ0v) is 13.2. The van der Waals surface area contributed by atoms with E-state index in [0.29, 0.717) is 23.4 Å². The Morgan fingerprint density at radius 3 is 2.62 bits per heavy atom. The van der Waals surface area contributed by atoms with Gasteiger partial charge in [-0.25, -0.2) is 0 Å². The predicted octanol–water partition coefficient (Wildman–Crippen LogP) is 3.87. The van der Waals surface area contributed by atoms with Crippen molar-refractivity contribution in [2.24, 2.45) is 5.92 Å². The van der Waals surface area contributed by atoms with Crippen LogP contribution < -0.4 is 10.2 Å². The van der Waals surface area contributed by atoms with Gasteiger partial charge in [0.1, 0.15) is 0 Å². The minimum atomic E-state index is -4.34. The predicted molar refractivity (Wildman–Crippen MR) is 85.2 cm³/mol. The molecule has 5 nitrogen and oxygen atoms in total. The molecule has 1 atom stereocenters. The van der Waals surface area contributed by atoms with Crippen molar-refractivity contribution in [1.29, 1.82) is 0 Å². The maximum absolute atomic E-state index is 12.6. The minimum Gasteiger partial charge on any atom is -0.339 e. The third-order valence-corrected chi connectivity index (χ3v) is 3.97. The van der Waals surface area contributed by atoms with Gasteiger partial charge in [-0.2, -0.15) is 23.3 Å². The van der Waals surface area contributed by atoms with E-state index in [1.54, 1.807) is 0 Å². The highest BCUT2D eigenvalue weighted by Crippen LogP contribution is 2.30. The Morgan fingerprint density at radius 2 is 1.96 bits per heavy atom. The average Bonchev–Trinajstić information content (AvgIpc) is 2.55. The molecule has 0 radical (unpaired) electrons. The number of aromatic nitrogens is 3. The molecule has 0 bridgehead atoms. The summed E-state index contributed by atoms with van der Waals surface area (Å²) in [7, 11) is 0. The fourth-order valence-electron chi connectivity index (χ4n) is 2.75. The Morgan fingerprint density at radius 1 is 1.21 bits per heavy atom. The first-order valence-electron chi connectivity index (χ1n) is 7.81. The van der Waals surface area contributed by atoms with Crippen molar-refractivity contribution in [2.45, 2.75) is 25.9 Å². The van der Waals surface area contributed by atoms with Crippen LogP contribution in [0.3, 0.4) is 0 Å². The van der Waals surface area contributed by atoms with E-state index in [9.17, 15) is 13.2 Å². The van der Waals surface area contributed by atoms with Crippen molar-refractivity contribution in [3.8, 4) is 0 Å². The Labute approximate surface area is 137 Å². The van der Waals surface area contributed by atoms with E-state index >= 15 is 0 Å². The lowest BCUT2D eigenvalue weighted by Gasteiger charge is -2.30. The van der Waals surface area contributed by atoms with Crippen LogP contribution in [0.25, 0.3) is 0 Å². The number of nitrogens with zero attached hydrogens (tertiary/aromatic N) is 4. The van der Waals surface area contributed by atoms with Crippen molar-refractivity contribution in [2.75, 3.05) is 23.3 Å². The summed E-state index contributed by atoms with van der Waals surface area (Å²) in [5, 5.41) is 11.0. The van der Waals surface area contributed by atoms with E-state index in [4.69, 9.17) is 0 Å². The normalized spacial score (nSPS) is 18.5. The van der Waals surface area contributed by atoms with E-state index in [1.165, 1.54) is 24.8 Å². The second-order valence-electron chi connectivity index (χ2n) is 6.04. The monoisotopic (exact) mass is 337 g/mol. The zero-order valence-electron chi connectivity index (χ0n) is 13.2. The number of hydrogen-bond acceptors (Lipinski definition) is 5. The van der Waals surface area contributed by atoms with Crippen LogP contribution in [0.2, 0.25) is 0 Å². The van der Waals surface area contributed by atoms with Crippen LogP contribution in [0, 0.1) is 5.92 Å². The summed E-state index contributed by atoms with van der Waals surface area (Å²) in [6, 6.07) is 4.80.